The molecule has 3 rings (SSSR count). The molecule has 0 radical (unpaired) electrons. The van der Waals surface area contributed by atoms with Gasteiger partial charge in [-0.2, -0.15) is 0 Å². The van der Waals surface area contributed by atoms with E-state index in [1.54, 1.807) is 26.0 Å². The van der Waals surface area contributed by atoms with Crippen LogP contribution in [0.5, 0.6) is 0 Å². The van der Waals surface area contributed by atoms with Crippen molar-refractivity contribution in [3.63, 3.8) is 0 Å². The smallest absolute Gasteiger partial charge is 0.253 e. The van der Waals surface area contributed by atoms with Gasteiger partial charge in [-0.05, 0) is 48.1 Å². The molecule has 1 atom stereocenters. The second-order valence-corrected chi connectivity index (χ2v) is 7.49. The zero-order valence-electron chi connectivity index (χ0n) is 17.0. The van der Waals surface area contributed by atoms with Gasteiger partial charge in [0.2, 0.25) is 0 Å². The number of hydrogen-bond donors (Lipinski definition) is 2. The lowest BCUT2D eigenvalue weighted by atomic mass is 9.83. The van der Waals surface area contributed by atoms with E-state index in [1.807, 2.05) is 24.3 Å². The van der Waals surface area contributed by atoms with Gasteiger partial charge in [0.1, 0.15) is 0 Å². The fraction of sp³-hybridized carbons (Fsp3) is 0.391. The first-order chi connectivity index (χ1) is 13.6. The number of benzene rings is 2. The Balaban J connectivity index is 1.52. The van der Waals surface area contributed by atoms with Gasteiger partial charge in [0.25, 0.3) is 5.91 Å². The van der Waals surface area contributed by atoms with Crippen LogP contribution in [0.2, 0.25) is 0 Å². The average molecular weight is 379 g/mol. The van der Waals surface area contributed by atoms with E-state index in [9.17, 15) is 4.79 Å². The Bertz CT molecular complexity index is 827. The van der Waals surface area contributed by atoms with E-state index in [0.717, 1.165) is 18.1 Å². The van der Waals surface area contributed by atoms with Gasteiger partial charge in [-0.15, -0.1) is 0 Å². The van der Waals surface area contributed by atoms with Gasteiger partial charge in [0.05, 0.1) is 0 Å². The zero-order valence-corrected chi connectivity index (χ0v) is 17.0. The van der Waals surface area contributed by atoms with Crippen molar-refractivity contribution in [2.45, 2.75) is 31.7 Å². The number of fused-ring (bicyclic) bond motifs is 1. The highest BCUT2D eigenvalue weighted by molar-refractivity contribution is 5.93. The van der Waals surface area contributed by atoms with Crippen LogP contribution in [0.3, 0.4) is 0 Å². The predicted octanol–water partition coefficient (Wildman–Crippen LogP) is 3.17. The molecule has 0 spiro atoms. The second kappa shape index (κ2) is 9.40. The molecule has 0 aliphatic heterocycles. The van der Waals surface area contributed by atoms with Crippen molar-refractivity contribution in [2.24, 2.45) is 4.99 Å². The monoisotopic (exact) mass is 378 g/mol. The minimum Gasteiger partial charge on any atom is -0.356 e. The molecule has 0 bridgehead atoms. The van der Waals surface area contributed by atoms with Crippen molar-refractivity contribution in [1.82, 2.24) is 15.5 Å². The van der Waals surface area contributed by atoms with Crippen LogP contribution in [0.1, 0.15) is 45.8 Å². The van der Waals surface area contributed by atoms with Crippen LogP contribution >= 0.6 is 0 Å². The zero-order chi connectivity index (χ0) is 19.9. The third-order valence-electron chi connectivity index (χ3n) is 5.30. The van der Waals surface area contributed by atoms with Gasteiger partial charge < -0.3 is 15.5 Å². The molecule has 0 fully saturated rings. The molecule has 1 amide bonds. The van der Waals surface area contributed by atoms with E-state index in [4.69, 9.17) is 0 Å². The Morgan fingerprint density at radius 3 is 2.57 bits per heavy atom. The number of amides is 1. The summed E-state index contributed by atoms with van der Waals surface area (Å²) >= 11 is 0. The number of guanidine groups is 1. The molecule has 1 unspecified atom stereocenters. The molecule has 2 N–H and O–H groups in total. The second-order valence-electron chi connectivity index (χ2n) is 7.49. The standard InChI is InChI=1S/C23H30N4O/c1-24-23(25-15-17-11-13-19(14-12-17)22(28)27(2)3)26-16-20-9-6-8-18-7-4-5-10-21(18)20/h4-5,7,10-14,20H,6,8-9,15-16H2,1-3H3,(H2,24,25,26). The highest BCUT2D eigenvalue weighted by atomic mass is 16.2. The molecule has 5 heteroatoms. The summed E-state index contributed by atoms with van der Waals surface area (Å²) in [5.74, 6) is 1.35. The summed E-state index contributed by atoms with van der Waals surface area (Å²) in [6.07, 6.45) is 3.64. The Hall–Kier alpha value is -2.82. The predicted molar refractivity (Wildman–Crippen MR) is 115 cm³/mol. The first-order valence-corrected chi connectivity index (χ1v) is 9.91. The summed E-state index contributed by atoms with van der Waals surface area (Å²) in [6, 6.07) is 16.5. The summed E-state index contributed by atoms with van der Waals surface area (Å²) in [6.45, 7) is 1.55. The van der Waals surface area contributed by atoms with Crippen LogP contribution in [0.4, 0.5) is 0 Å². The van der Waals surface area contributed by atoms with E-state index in [2.05, 4.69) is 39.9 Å². The largest absolute Gasteiger partial charge is 0.356 e. The highest BCUT2D eigenvalue weighted by Crippen LogP contribution is 2.30. The molecule has 2 aromatic carbocycles. The lowest BCUT2D eigenvalue weighted by Gasteiger charge is -2.26. The normalized spacial score (nSPS) is 16.2. The molecule has 28 heavy (non-hydrogen) atoms. The maximum atomic E-state index is 12.0. The van der Waals surface area contributed by atoms with Crippen molar-refractivity contribution >= 4 is 11.9 Å². The quantitative estimate of drug-likeness (QED) is 0.621. The Morgan fingerprint density at radius 2 is 1.86 bits per heavy atom. The lowest BCUT2D eigenvalue weighted by Crippen LogP contribution is -2.39. The number of nitrogens with one attached hydrogen (secondary N) is 2. The van der Waals surface area contributed by atoms with E-state index in [0.29, 0.717) is 18.0 Å². The topological polar surface area (TPSA) is 56.7 Å². The number of carbonyl (C=O) groups excluding carboxylic acids is 1. The average Bonchev–Trinajstić information content (AvgIpc) is 2.73. The van der Waals surface area contributed by atoms with Crippen LogP contribution in [-0.4, -0.2) is 44.5 Å². The Labute approximate surface area is 167 Å². The van der Waals surface area contributed by atoms with Gasteiger partial charge in [-0.1, -0.05) is 36.4 Å². The first-order valence-electron chi connectivity index (χ1n) is 9.91. The van der Waals surface area contributed by atoms with Crippen LogP contribution in [0.25, 0.3) is 0 Å². The summed E-state index contributed by atoms with van der Waals surface area (Å²) in [5, 5.41) is 6.84. The molecule has 0 heterocycles. The molecular formula is C23H30N4O. The summed E-state index contributed by atoms with van der Waals surface area (Å²) in [4.78, 5) is 17.9. The fourth-order valence-electron chi connectivity index (χ4n) is 3.72. The minimum atomic E-state index is 0.0183. The molecule has 1 aliphatic carbocycles. The van der Waals surface area contributed by atoms with Crippen molar-refractivity contribution < 1.29 is 4.79 Å². The SMILES string of the molecule is CN=C(NCc1ccc(C(=O)N(C)C)cc1)NCC1CCCc2ccccc21. The fourth-order valence-corrected chi connectivity index (χ4v) is 3.72. The molecule has 5 nitrogen and oxygen atoms in total. The van der Waals surface area contributed by atoms with Crippen LogP contribution in [-0.2, 0) is 13.0 Å². The molecule has 0 saturated heterocycles. The van der Waals surface area contributed by atoms with Crippen LogP contribution in [0.15, 0.2) is 53.5 Å². The van der Waals surface area contributed by atoms with Gasteiger partial charge in [-0.3, -0.25) is 9.79 Å². The summed E-state index contributed by atoms with van der Waals surface area (Å²) in [7, 11) is 5.32. The van der Waals surface area contributed by atoms with Crippen molar-refractivity contribution in [2.75, 3.05) is 27.7 Å². The minimum absolute atomic E-state index is 0.0183. The lowest BCUT2D eigenvalue weighted by molar-refractivity contribution is 0.0827. The molecule has 0 saturated carbocycles. The van der Waals surface area contributed by atoms with Crippen LogP contribution in [0, 0.1) is 0 Å². The molecule has 0 aromatic heterocycles. The summed E-state index contributed by atoms with van der Waals surface area (Å²) in [5.41, 5.74) is 4.77. The molecule has 148 valence electrons. The van der Waals surface area contributed by atoms with E-state index < -0.39 is 0 Å². The molecule has 2 aromatic rings. The third kappa shape index (κ3) is 4.91. The van der Waals surface area contributed by atoms with E-state index >= 15 is 0 Å². The number of aliphatic imine (C=N–C) groups is 1. The number of nitrogens with zero attached hydrogens (tertiary/aromatic N) is 2. The number of aryl methyl sites for hydroxylation is 1. The maximum Gasteiger partial charge on any atom is 0.253 e. The van der Waals surface area contributed by atoms with Gasteiger partial charge >= 0.3 is 0 Å². The molecular weight excluding hydrogens is 348 g/mol. The van der Waals surface area contributed by atoms with Crippen molar-refractivity contribution in [3.05, 3.63) is 70.8 Å². The Kier molecular flexibility index (Phi) is 6.69. The Morgan fingerprint density at radius 1 is 1.11 bits per heavy atom. The highest BCUT2D eigenvalue weighted by Gasteiger charge is 2.19. The first kappa shape index (κ1) is 19.9. The van der Waals surface area contributed by atoms with E-state index in [1.165, 1.54) is 30.4 Å². The van der Waals surface area contributed by atoms with Gasteiger partial charge in [-0.25, -0.2) is 0 Å². The van der Waals surface area contributed by atoms with Crippen LogP contribution < -0.4 is 10.6 Å². The molecule has 1 aliphatic rings. The van der Waals surface area contributed by atoms with Crippen molar-refractivity contribution in [1.29, 1.82) is 0 Å². The maximum absolute atomic E-state index is 12.0. The number of hydrogen-bond acceptors (Lipinski definition) is 2. The number of rotatable bonds is 5. The number of carbonyl (C=O) groups is 1. The van der Waals surface area contributed by atoms with Gasteiger partial charge in [0, 0.05) is 45.7 Å². The van der Waals surface area contributed by atoms with Crippen molar-refractivity contribution in [3.8, 4) is 0 Å². The summed E-state index contributed by atoms with van der Waals surface area (Å²) < 4.78 is 0. The van der Waals surface area contributed by atoms with E-state index in [-0.39, 0.29) is 5.91 Å². The third-order valence-corrected chi connectivity index (χ3v) is 5.30. The van der Waals surface area contributed by atoms with Gasteiger partial charge in [0.15, 0.2) is 5.96 Å².